The van der Waals surface area contributed by atoms with Gasteiger partial charge in [-0.3, -0.25) is 0 Å². The van der Waals surface area contributed by atoms with E-state index >= 15 is 0 Å². The van der Waals surface area contributed by atoms with Gasteiger partial charge in [0.2, 0.25) is 0 Å². The molecule has 2 aromatic carbocycles. The number of aromatic nitrogens is 2. The highest BCUT2D eigenvalue weighted by Gasteiger charge is 2.37. The third-order valence-corrected chi connectivity index (χ3v) is 6.96. The van der Waals surface area contributed by atoms with Crippen molar-refractivity contribution in [2.45, 2.75) is 64.2 Å². The van der Waals surface area contributed by atoms with E-state index in [1.807, 2.05) is 18.2 Å². The fourth-order valence-electron chi connectivity index (χ4n) is 4.68. The second-order valence-electron chi connectivity index (χ2n) is 10.3. The first kappa shape index (κ1) is 22.9. The highest BCUT2D eigenvalue weighted by Crippen LogP contribution is 2.46. The van der Waals surface area contributed by atoms with Gasteiger partial charge in [0, 0.05) is 18.8 Å². The summed E-state index contributed by atoms with van der Waals surface area (Å²) in [6, 6.07) is 13.6. The van der Waals surface area contributed by atoms with Crippen LogP contribution in [0.3, 0.4) is 0 Å². The zero-order valence-electron chi connectivity index (χ0n) is 19.9. The number of benzene rings is 2. The van der Waals surface area contributed by atoms with E-state index in [0.29, 0.717) is 5.56 Å². The van der Waals surface area contributed by atoms with E-state index in [-0.39, 0.29) is 10.8 Å². The molecule has 4 heteroatoms. The van der Waals surface area contributed by atoms with Gasteiger partial charge in [-0.15, -0.1) is 0 Å². The monoisotopic (exact) mass is 440 g/mol. The third-order valence-electron chi connectivity index (χ3n) is 6.96. The zero-order chi connectivity index (χ0) is 23.6. The first-order valence-corrected chi connectivity index (χ1v) is 11.6. The van der Waals surface area contributed by atoms with E-state index in [0.717, 1.165) is 24.2 Å². The summed E-state index contributed by atoms with van der Waals surface area (Å²) in [6.45, 7) is 9.39. The van der Waals surface area contributed by atoms with Gasteiger partial charge in [-0.05, 0) is 76.1 Å². The van der Waals surface area contributed by atoms with E-state index in [1.54, 1.807) is 24.5 Å². The summed E-state index contributed by atoms with van der Waals surface area (Å²) in [5.74, 6) is -0.0514. The van der Waals surface area contributed by atoms with Crippen LogP contribution in [-0.4, -0.2) is 21.0 Å². The van der Waals surface area contributed by atoms with Crippen LogP contribution in [0.5, 0.6) is 0 Å². The molecule has 0 amide bonds. The van der Waals surface area contributed by atoms with E-state index in [2.05, 4.69) is 61.9 Å². The lowest BCUT2D eigenvalue weighted by Gasteiger charge is -2.42. The molecule has 0 unspecified atom stereocenters. The summed E-state index contributed by atoms with van der Waals surface area (Å²) < 4.78 is 0. The molecule has 0 saturated heterocycles. The van der Waals surface area contributed by atoms with Crippen LogP contribution in [0.1, 0.15) is 84.5 Å². The van der Waals surface area contributed by atoms with Gasteiger partial charge in [-0.2, -0.15) is 0 Å². The molecular weight excluding hydrogens is 408 g/mol. The molecule has 1 aromatic heterocycles. The molecule has 0 atom stereocenters. The van der Waals surface area contributed by atoms with Crippen molar-refractivity contribution in [2.24, 2.45) is 0 Å². The number of rotatable bonds is 6. The fourth-order valence-corrected chi connectivity index (χ4v) is 4.68. The van der Waals surface area contributed by atoms with Crippen LogP contribution >= 0.6 is 0 Å². The van der Waals surface area contributed by atoms with Gasteiger partial charge in [-0.25, -0.2) is 14.8 Å². The molecule has 1 heterocycles. The van der Waals surface area contributed by atoms with Crippen LogP contribution in [0.2, 0.25) is 0 Å². The number of aromatic carboxylic acids is 1. The normalized spacial score (nSPS) is 16.5. The molecule has 0 saturated carbocycles. The highest BCUT2D eigenvalue weighted by molar-refractivity contribution is 5.88. The standard InChI is InChI=1S/C29H32N2O2/c1-28(2)14-15-29(3,4)25-19-23(12-13-26-30-16-5-17-31-26)22(18-24(25)28)11-8-20-6-9-21(10-7-20)27(32)33/h5-11,16-19H,12-15H2,1-4H3,(H,32,33)/b11-8+. The summed E-state index contributed by atoms with van der Waals surface area (Å²) in [4.78, 5) is 19.9. The van der Waals surface area contributed by atoms with Gasteiger partial charge in [0.25, 0.3) is 0 Å². The lowest BCUT2D eigenvalue weighted by molar-refractivity contribution is 0.0697. The summed E-state index contributed by atoms with van der Waals surface area (Å²) >= 11 is 0. The largest absolute Gasteiger partial charge is 0.478 e. The Balaban J connectivity index is 1.73. The number of carboxylic acids is 1. The Morgan fingerprint density at radius 1 is 0.909 bits per heavy atom. The van der Waals surface area contributed by atoms with Gasteiger partial charge >= 0.3 is 5.97 Å². The van der Waals surface area contributed by atoms with Crippen LogP contribution in [0.15, 0.2) is 54.9 Å². The van der Waals surface area contributed by atoms with Crippen molar-refractivity contribution in [3.8, 4) is 0 Å². The fraction of sp³-hybridized carbons (Fsp3) is 0.345. The molecule has 1 aliphatic rings. The predicted octanol–water partition coefficient (Wildman–Crippen LogP) is 6.48. The van der Waals surface area contributed by atoms with Crippen molar-refractivity contribution in [1.29, 1.82) is 0 Å². The van der Waals surface area contributed by atoms with Gasteiger partial charge in [0.05, 0.1) is 5.56 Å². The summed E-state index contributed by atoms with van der Waals surface area (Å²) in [5, 5.41) is 9.15. The van der Waals surface area contributed by atoms with Gasteiger partial charge in [0.1, 0.15) is 5.82 Å². The summed E-state index contributed by atoms with van der Waals surface area (Å²) in [6.07, 6.45) is 11.8. The summed E-state index contributed by atoms with van der Waals surface area (Å²) in [7, 11) is 0. The quantitative estimate of drug-likeness (QED) is 0.446. The second kappa shape index (κ2) is 8.93. The van der Waals surface area contributed by atoms with E-state index in [4.69, 9.17) is 5.11 Å². The molecule has 0 fully saturated rings. The Morgan fingerprint density at radius 3 is 2.12 bits per heavy atom. The molecule has 0 aliphatic heterocycles. The molecule has 33 heavy (non-hydrogen) atoms. The average molecular weight is 441 g/mol. The summed E-state index contributed by atoms with van der Waals surface area (Å²) in [5.41, 5.74) is 6.95. The first-order chi connectivity index (χ1) is 15.7. The number of hydrogen-bond acceptors (Lipinski definition) is 3. The van der Waals surface area contributed by atoms with Crippen LogP contribution in [-0.2, 0) is 23.7 Å². The Hall–Kier alpha value is -3.27. The van der Waals surface area contributed by atoms with Crippen molar-refractivity contribution >= 4 is 18.1 Å². The van der Waals surface area contributed by atoms with Crippen molar-refractivity contribution in [1.82, 2.24) is 9.97 Å². The van der Waals surface area contributed by atoms with Gasteiger partial charge in [-0.1, -0.05) is 64.1 Å². The lowest BCUT2D eigenvalue weighted by Crippen LogP contribution is -2.34. The topological polar surface area (TPSA) is 63.1 Å². The molecule has 1 aliphatic carbocycles. The first-order valence-electron chi connectivity index (χ1n) is 11.6. The van der Waals surface area contributed by atoms with Gasteiger partial charge < -0.3 is 5.11 Å². The maximum absolute atomic E-state index is 11.1. The molecular formula is C29H32N2O2. The Bertz CT molecular complexity index is 1180. The van der Waals surface area contributed by atoms with Crippen LogP contribution in [0, 0.1) is 0 Å². The minimum Gasteiger partial charge on any atom is -0.478 e. The molecule has 0 spiro atoms. The molecule has 170 valence electrons. The molecule has 3 aromatic rings. The molecule has 4 rings (SSSR count). The number of carboxylic acid groups (broad SMARTS) is 1. The van der Waals surface area contributed by atoms with Crippen molar-refractivity contribution in [3.63, 3.8) is 0 Å². The van der Waals surface area contributed by atoms with Crippen molar-refractivity contribution in [2.75, 3.05) is 0 Å². The van der Waals surface area contributed by atoms with Gasteiger partial charge in [0.15, 0.2) is 0 Å². The Morgan fingerprint density at radius 2 is 1.52 bits per heavy atom. The van der Waals surface area contributed by atoms with E-state index in [1.165, 1.54) is 35.1 Å². The smallest absolute Gasteiger partial charge is 0.335 e. The second-order valence-corrected chi connectivity index (χ2v) is 10.3. The zero-order valence-corrected chi connectivity index (χ0v) is 19.9. The van der Waals surface area contributed by atoms with Crippen LogP contribution < -0.4 is 0 Å². The molecule has 0 radical (unpaired) electrons. The number of carbonyl (C=O) groups is 1. The van der Waals surface area contributed by atoms with Crippen molar-refractivity contribution in [3.05, 3.63) is 94.1 Å². The van der Waals surface area contributed by atoms with Crippen LogP contribution in [0.25, 0.3) is 12.2 Å². The molecule has 1 N–H and O–H groups in total. The molecule has 4 nitrogen and oxygen atoms in total. The maximum Gasteiger partial charge on any atom is 0.335 e. The number of nitrogens with zero attached hydrogens (tertiary/aromatic N) is 2. The van der Waals surface area contributed by atoms with Crippen molar-refractivity contribution < 1.29 is 9.90 Å². The van der Waals surface area contributed by atoms with Crippen LogP contribution in [0.4, 0.5) is 0 Å². The lowest BCUT2D eigenvalue weighted by atomic mass is 9.62. The number of aryl methyl sites for hydroxylation is 2. The predicted molar refractivity (Wildman–Crippen MR) is 133 cm³/mol. The minimum absolute atomic E-state index is 0.137. The number of hydrogen-bond donors (Lipinski definition) is 1. The highest BCUT2D eigenvalue weighted by atomic mass is 16.4. The number of fused-ring (bicyclic) bond motifs is 1. The maximum atomic E-state index is 11.1. The Kier molecular flexibility index (Phi) is 6.20. The molecule has 0 bridgehead atoms. The average Bonchev–Trinajstić information content (AvgIpc) is 2.80. The third kappa shape index (κ3) is 5.05. The van der Waals surface area contributed by atoms with E-state index < -0.39 is 5.97 Å². The Labute approximate surface area is 196 Å². The SMILES string of the molecule is CC1(C)CCC(C)(C)c2cc(CCc3ncccn3)c(/C=C/c3ccc(C(=O)O)cc3)cc21. The van der Waals surface area contributed by atoms with E-state index in [9.17, 15) is 4.79 Å². The minimum atomic E-state index is -0.907.